The zero-order chi connectivity index (χ0) is 22.9. The summed E-state index contributed by atoms with van der Waals surface area (Å²) in [5, 5.41) is 10.6. The van der Waals surface area contributed by atoms with Crippen molar-refractivity contribution in [3.05, 3.63) is 28.3 Å². The third-order valence-corrected chi connectivity index (χ3v) is 5.43. The van der Waals surface area contributed by atoms with Crippen LogP contribution in [0.2, 0.25) is 5.02 Å². The Balaban J connectivity index is 0.00000218. The summed E-state index contributed by atoms with van der Waals surface area (Å²) in [5.41, 5.74) is 2.29. The molecule has 1 aromatic carbocycles. The largest absolute Gasteiger partial charge is 0.444 e. The summed E-state index contributed by atoms with van der Waals surface area (Å²) < 4.78 is 5.37. The summed E-state index contributed by atoms with van der Waals surface area (Å²) in [6.07, 6.45) is 5.09. The van der Waals surface area contributed by atoms with Crippen LogP contribution in [0.1, 0.15) is 76.2 Å². The molecule has 1 saturated carbocycles. The quantitative estimate of drug-likeness (QED) is 0.609. The van der Waals surface area contributed by atoms with Gasteiger partial charge in [-0.25, -0.2) is 4.79 Å². The highest BCUT2D eigenvalue weighted by Gasteiger charge is 2.29. The van der Waals surface area contributed by atoms with Crippen molar-refractivity contribution >= 4 is 29.7 Å². The summed E-state index contributed by atoms with van der Waals surface area (Å²) in [5.74, 6) is 0. The number of rotatable bonds is 6. The number of ether oxygens (including phenoxy) is 1. The Kier molecular flexibility index (Phi) is 10.6. The number of halogens is 1. The minimum Gasteiger partial charge on any atom is -0.444 e. The van der Waals surface area contributed by atoms with E-state index in [0.717, 1.165) is 63.3 Å². The fraction of sp³-hybridized carbons (Fsp3) is 0.652. The molecule has 0 atom stereocenters. The van der Waals surface area contributed by atoms with E-state index in [-0.39, 0.29) is 12.1 Å². The van der Waals surface area contributed by atoms with Crippen LogP contribution in [-0.2, 0) is 11.2 Å². The standard InChI is InChI=1S/C22H33ClN2O3.CH4O/c1-6-19-15(14-26)12-16(23)13-20(19)25(7-2)18-10-8-17(9-11-18)24-21(27)28-22(3,4)5;1-2/h12-14,17-18H,6-11H2,1-5H3,(H,24,27);2H,1H3. The molecule has 0 saturated heterocycles. The van der Waals surface area contributed by atoms with Crippen LogP contribution in [0, 0.1) is 0 Å². The number of carbonyl (C=O) groups excluding carboxylic acids is 2. The molecule has 0 aromatic heterocycles. The van der Waals surface area contributed by atoms with Gasteiger partial charge in [0, 0.05) is 42.0 Å². The first kappa shape index (κ1) is 26.2. The molecule has 2 N–H and O–H groups in total. The molecule has 1 fully saturated rings. The summed E-state index contributed by atoms with van der Waals surface area (Å²) >= 11 is 6.28. The van der Waals surface area contributed by atoms with Gasteiger partial charge in [-0.1, -0.05) is 18.5 Å². The summed E-state index contributed by atoms with van der Waals surface area (Å²) in [7, 11) is 1.00. The molecule has 0 aliphatic heterocycles. The van der Waals surface area contributed by atoms with E-state index < -0.39 is 5.60 Å². The lowest BCUT2D eigenvalue weighted by Crippen LogP contribution is -2.45. The number of alkyl carbamates (subject to hydrolysis) is 1. The number of aliphatic hydroxyl groups is 1. The number of nitrogens with one attached hydrogen (secondary N) is 1. The van der Waals surface area contributed by atoms with E-state index in [1.54, 1.807) is 6.07 Å². The van der Waals surface area contributed by atoms with Gasteiger partial charge in [0.2, 0.25) is 0 Å². The maximum Gasteiger partial charge on any atom is 0.407 e. The number of carbonyl (C=O) groups is 2. The van der Waals surface area contributed by atoms with Gasteiger partial charge in [-0.15, -0.1) is 0 Å². The number of aliphatic hydroxyl groups excluding tert-OH is 1. The molecule has 0 unspecified atom stereocenters. The van der Waals surface area contributed by atoms with Crippen LogP contribution in [0.15, 0.2) is 12.1 Å². The number of hydrogen-bond donors (Lipinski definition) is 2. The zero-order valence-electron chi connectivity index (χ0n) is 19.1. The van der Waals surface area contributed by atoms with Gasteiger partial charge < -0.3 is 20.1 Å². The van der Waals surface area contributed by atoms with Crippen molar-refractivity contribution < 1.29 is 19.4 Å². The smallest absolute Gasteiger partial charge is 0.407 e. The van der Waals surface area contributed by atoms with Gasteiger partial charge >= 0.3 is 6.09 Å². The Morgan fingerprint density at radius 1 is 1.23 bits per heavy atom. The molecule has 0 heterocycles. The number of benzene rings is 1. The van der Waals surface area contributed by atoms with E-state index in [9.17, 15) is 9.59 Å². The molecule has 1 aliphatic rings. The van der Waals surface area contributed by atoms with E-state index in [1.165, 1.54) is 0 Å². The van der Waals surface area contributed by atoms with Gasteiger partial charge in [-0.3, -0.25) is 4.79 Å². The fourth-order valence-electron chi connectivity index (χ4n) is 4.02. The molecule has 7 heteroatoms. The van der Waals surface area contributed by atoms with Crippen molar-refractivity contribution in [1.82, 2.24) is 5.32 Å². The van der Waals surface area contributed by atoms with E-state index >= 15 is 0 Å². The number of aldehydes is 1. The second-order valence-electron chi connectivity index (χ2n) is 8.40. The van der Waals surface area contributed by atoms with Gasteiger partial charge in [-0.05, 0) is 77.5 Å². The van der Waals surface area contributed by atoms with Gasteiger partial charge in [0.1, 0.15) is 11.9 Å². The van der Waals surface area contributed by atoms with Gasteiger partial charge in [-0.2, -0.15) is 0 Å². The second-order valence-corrected chi connectivity index (χ2v) is 8.84. The molecule has 0 spiro atoms. The third-order valence-electron chi connectivity index (χ3n) is 5.21. The molecule has 170 valence electrons. The Morgan fingerprint density at radius 3 is 2.30 bits per heavy atom. The molecule has 30 heavy (non-hydrogen) atoms. The molecule has 1 aliphatic carbocycles. The Labute approximate surface area is 185 Å². The van der Waals surface area contributed by atoms with E-state index in [2.05, 4.69) is 24.1 Å². The molecule has 2 rings (SSSR count). The van der Waals surface area contributed by atoms with Crippen LogP contribution in [-0.4, -0.2) is 48.8 Å². The molecule has 1 amide bonds. The predicted molar refractivity (Wildman–Crippen MR) is 123 cm³/mol. The lowest BCUT2D eigenvalue weighted by molar-refractivity contribution is 0.0491. The van der Waals surface area contributed by atoms with Crippen molar-refractivity contribution in [2.75, 3.05) is 18.6 Å². The topological polar surface area (TPSA) is 78.9 Å². The first-order valence-corrected chi connectivity index (χ1v) is 11.0. The predicted octanol–water partition coefficient (Wildman–Crippen LogP) is 4.99. The normalized spacial score (nSPS) is 18.7. The van der Waals surface area contributed by atoms with E-state index in [0.29, 0.717) is 16.6 Å². The highest BCUT2D eigenvalue weighted by atomic mass is 35.5. The van der Waals surface area contributed by atoms with Crippen LogP contribution < -0.4 is 10.2 Å². The van der Waals surface area contributed by atoms with Gasteiger partial charge in [0.15, 0.2) is 0 Å². The van der Waals surface area contributed by atoms with Crippen LogP contribution >= 0.6 is 11.6 Å². The van der Waals surface area contributed by atoms with Crippen LogP contribution in [0.5, 0.6) is 0 Å². The molecule has 1 aromatic rings. The monoisotopic (exact) mass is 440 g/mol. The zero-order valence-corrected chi connectivity index (χ0v) is 19.9. The lowest BCUT2D eigenvalue weighted by atomic mass is 9.89. The number of nitrogens with zero attached hydrogens (tertiary/aromatic N) is 1. The number of amides is 1. The van der Waals surface area contributed by atoms with E-state index in [1.807, 2.05) is 26.8 Å². The van der Waals surface area contributed by atoms with E-state index in [4.69, 9.17) is 21.4 Å². The van der Waals surface area contributed by atoms with Crippen molar-refractivity contribution in [2.24, 2.45) is 0 Å². The first-order valence-electron chi connectivity index (χ1n) is 10.7. The number of anilines is 1. The van der Waals surface area contributed by atoms with Gasteiger partial charge in [0.05, 0.1) is 0 Å². The average molecular weight is 441 g/mol. The lowest BCUT2D eigenvalue weighted by Gasteiger charge is -2.39. The Bertz CT molecular complexity index is 695. The Morgan fingerprint density at radius 2 is 1.83 bits per heavy atom. The maximum absolute atomic E-state index is 12.0. The van der Waals surface area contributed by atoms with Crippen LogP contribution in [0.3, 0.4) is 0 Å². The summed E-state index contributed by atoms with van der Waals surface area (Å²) in [4.78, 5) is 25.9. The summed E-state index contributed by atoms with van der Waals surface area (Å²) in [6.45, 7) is 10.6. The molecule has 0 radical (unpaired) electrons. The Hall–Kier alpha value is -1.79. The minimum absolute atomic E-state index is 0.139. The van der Waals surface area contributed by atoms with Crippen molar-refractivity contribution in [1.29, 1.82) is 0 Å². The summed E-state index contributed by atoms with van der Waals surface area (Å²) in [6, 6.07) is 4.22. The highest BCUT2D eigenvalue weighted by molar-refractivity contribution is 6.31. The molecule has 0 bridgehead atoms. The highest BCUT2D eigenvalue weighted by Crippen LogP contribution is 2.33. The SMILES string of the molecule is CCc1c(C=O)cc(Cl)cc1N(CC)C1CCC(NC(=O)OC(C)(C)C)CC1.CO. The fourth-order valence-corrected chi connectivity index (χ4v) is 4.24. The molecule has 6 nitrogen and oxygen atoms in total. The third kappa shape index (κ3) is 7.47. The van der Waals surface area contributed by atoms with Crippen molar-refractivity contribution in [3.8, 4) is 0 Å². The maximum atomic E-state index is 12.0. The molecular weight excluding hydrogens is 404 g/mol. The second kappa shape index (κ2) is 12.2. The average Bonchev–Trinajstić information content (AvgIpc) is 2.69. The first-order chi connectivity index (χ1) is 14.2. The van der Waals surface area contributed by atoms with Crippen molar-refractivity contribution in [3.63, 3.8) is 0 Å². The number of hydrogen-bond acceptors (Lipinski definition) is 5. The van der Waals surface area contributed by atoms with Gasteiger partial charge in [0.25, 0.3) is 0 Å². The van der Waals surface area contributed by atoms with Crippen LogP contribution in [0.25, 0.3) is 0 Å². The minimum atomic E-state index is -0.486. The van der Waals surface area contributed by atoms with Crippen molar-refractivity contribution in [2.45, 2.75) is 84.4 Å². The van der Waals surface area contributed by atoms with Crippen LogP contribution in [0.4, 0.5) is 10.5 Å². The molecular formula is C23H37ClN2O4.